The second-order valence-electron chi connectivity index (χ2n) is 8.98. The highest BCUT2D eigenvalue weighted by Crippen LogP contribution is 2.59. The second kappa shape index (κ2) is 8.50. The highest BCUT2D eigenvalue weighted by Gasteiger charge is 2.56. The Hall–Kier alpha value is -1.41. The first-order valence-electron chi connectivity index (χ1n) is 10.9. The van der Waals surface area contributed by atoms with Gasteiger partial charge in [-0.2, -0.15) is 0 Å². The molecule has 0 aromatic heterocycles. The van der Waals surface area contributed by atoms with Crippen molar-refractivity contribution in [3.05, 3.63) is 52.6 Å². The van der Waals surface area contributed by atoms with Crippen LogP contribution in [0.2, 0.25) is 0 Å². The molecular formula is C24H31ClO6. The van der Waals surface area contributed by atoms with E-state index in [-0.39, 0.29) is 11.3 Å². The van der Waals surface area contributed by atoms with Gasteiger partial charge >= 0.3 is 0 Å². The van der Waals surface area contributed by atoms with Crippen LogP contribution in [-0.2, 0) is 10.2 Å². The van der Waals surface area contributed by atoms with Gasteiger partial charge in [0.1, 0.15) is 35.8 Å². The maximum atomic E-state index is 10.8. The summed E-state index contributed by atoms with van der Waals surface area (Å²) in [4.78, 5) is 0. The molecule has 2 aliphatic carbocycles. The fourth-order valence-electron chi connectivity index (χ4n) is 5.09. The molecule has 170 valence electrons. The number of allylic oxidation sites excluding steroid dienone is 3. The van der Waals surface area contributed by atoms with Crippen LogP contribution in [0.4, 0.5) is 0 Å². The van der Waals surface area contributed by atoms with Crippen molar-refractivity contribution in [2.24, 2.45) is 5.92 Å². The number of benzene rings is 1. The fraction of sp³-hybridized carbons (Fsp3) is 0.583. The number of hydrogen-bond donors (Lipinski definition) is 4. The summed E-state index contributed by atoms with van der Waals surface area (Å²) < 4.78 is 11.5. The molecule has 1 aliphatic heterocycles. The molecule has 1 heterocycles. The van der Waals surface area contributed by atoms with Crippen molar-refractivity contribution in [1.29, 1.82) is 0 Å². The summed E-state index contributed by atoms with van der Waals surface area (Å²) in [6.45, 7) is 3.84. The molecule has 3 aliphatic rings. The van der Waals surface area contributed by atoms with Gasteiger partial charge in [-0.3, -0.25) is 0 Å². The van der Waals surface area contributed by atoms with E-state index < -0.39 is 36.6 Å². The van der Waals surface area contributed by atoms with Crippen LogP contribution in [0.3, 0.4) is 0 Å². The van der Waals surface area contributed by atoms with E-state index in [0.717, 1.165) is 24.2 Å². The molecule has 31 heavy (non-hydrogen) atoms. The van der Waals surface area contributed by atoms with E-state index in [9.17, 15) is 20.4 Å². The minimum absolute atomic E-state index is 0.157. The summed E-state index contributed by atoms with van der Waals surface area (Å²) in [5.74, 6) is 0.550. The van der Waals surface area contributed by atoms with Gasteiger partial charge in [-0.1, -0.05) is 29.8 Å². The minimum Gasteiger partial charge on any atom is -0.494 e. The molecule has 2 fully saturated rings. The molecule has 6 unspecified atom stereocenters. The zero-order valence-corrected chi connectivity index (χ0v) is 18.6. The van der Waals surface area contributed by atoms with Crippen LogP contribution in [-0.4, -0.2) is 63.7 Å². The van der Waals surface area contributed by atoms with Crippen molar-refractivity contribution in [3.8, 4) is 5.75 Å². The molecule has 1 saturated heterocycles. The third kappa shape index (κ3) is 3.84. The van der Waals surface area contributed by atoms with Gasteiger partial charge in [0.05, 0.1) is 13.2 Å². The van der Waals surface area contributed by atoms with Crippen molar-refractivity contribution >= 4 is 11.6 Å². The monoisotopic (exact) mass is 450 g/mol. The molecule has 6 atom stereocenters. The van der Waals surface area contributed by atoms with Crippen LogP contribution < -0.4 is 4.74 Å². The first-order valence-corrected chi connectivity index (χ1v) is 11.3. The molecule has 1 aromatic rings. The van der Waals surface area contributed by atoms with Gasteiger partial charge in [0.2, 0.25) is 0 Å². The molecule has 7 heteroatoms. The van der Waals surface area contributed by atoms with E-state index in [4.69, 9.17) is 21.1 Å². The molecule has 1 aromatic carbocycles. The Bertz CT molecular complexity index is 859. The lowest BCUT2D eigenvalue weighted by Gasteiger charge is -2.50. The van der Waals surface area contributed by atoms with Crippen molar-refractivity contribution in [2.45, 2.75) is 68.5 Å². The average Bonchev–Trinajstić information content (AvgIpc) is 3.57. The Kier molecular flexibility index (Phi) is 6.25. The number of ether oxygens (including phenoxy) is 2. The first kappa shape index (κ1) is 22.8. The van der Waals surface area contributed by atoms with Crippen LogP contribution >= 0.6 is 11.6 Å². The summed E-state index contributed by atoms with van der Waals surface area (Å²) in [5, 5.41) is 41.6. The number of halogens is 1. The third-order valence-electron chi connectivity index (χ3n) is 7.20. The average molecular weight is 451 g/mol. The Labute approximate surface area is 187 Å². The zero-order chi connectivity index (χ0) is 22.4. The van der Waals surface area contributed by atoms with Crippen LogP contribution in [0, 0.1) is 5.92 Å². The number of aliphatic hydroxyl groups is 4. The number of hydrogen-bond acceptors (Lipinski definition) is 6. The summed E-state index contributed by atoms with van der Waals surface area (Å²) in [5.41, 5.74) is 0.927. The van der Waals surface area contributed by atoms with Crippen LogP contribution in [0.1, 0.15) is 38.7 Å². The second-order valence-corrected chi connectivity index (χ2v) is 9.39. The first-order chi connectivity index (χ1) is 14.8. The highest BCUT2D eigenvalue weighted by atomic mass is 35.5. The van der Waals surface area contributed by atoms with Crippen molar-refractivity contribution < 1.29 is 29.9 Å². The summed E-state index contributed by atoms with van der Waals surface area (Å²) in [7, 11) is 0. The standard InChI is InChI=1S/C24H31ClO6/c1-3-30-16-7-4-14(5-8-16)24(10-11-24)17-12-15(6-9-18(17)25)23(2)22(29)21(28)20(27)19(13-26)31-23/h4-9,15,19-22,26-29H,3,10-13H2,1-2H3. The van der Waals surface area contributed by atoms with Gasteiger partial charge in [0, 0.05) is 16.4 Å². The van der Waals surface area contributed by atoms with Crippen molar-refractivity contribution in [3.63, 3.8) is 0 Å². The number of aliphatic hydroxyl groups excluding tert-OH is 4. The molecule has 4 N–H and O–H groups in total. The van der Waals surface area contributed by atoms with Crippen molar-refractivity contribution in [1.82, 2.24) is 0 Å². The Morgan fingerprint density at radius 3 is 2.39 bits per heavy atom. The van der Waals surface area contributed by atoms with Crippen LogP contribution in [0.5, 0.6) is 5.75 Å². The van der Waals surface area contributed by atoms with Gasteiger partial charge < -0.3 is 29.9 Å². The molecule has 0 bridgehead atoms. The Balaban J connectivity index is 1.61. The Morgan fingerprint density at radius 1 is 1.13 bits per heavy atom. The lowest BCUT2D eigenvalue weighted by atomic mass is 9.70. The predicted molar refractivity (Wildman–Crippen MR) is 117 cm³/mol. The van der Waals surface area contributed by atoms with E-state index in [1.54, 1.807) is 6.92 Å². The van der Waals surface area contributed by atoms with Gasteiger partial charge in [-0.05, 0) is 62.5 Å². The largest absolute Gasteiger partial charge is 0.494 e. The smallest absolute Gasteiger partial charge is 0.119 e. The summed E-state index contributed by atoms with van der Waals surface area (Å²) in [6.07, 6.45) is 1.21. The molecule has 0 amide bonds. The summed E-state index contributed by atoms with van der Waals surface area (Å²) >= 11 is 6.67. The maximum Gasteiger partial charge on any atom is 0.119 e. The molecule has 4 rings (SSSR count). The Morgan fingerprint density at radius 2 is 1.81 bits per heavy atom. The third-order valence-corrected chi connectivity index (χ3v) is 7.55. The SMILES string of the molecule is CCOc1ccc(C2(C3=C(Cl)C=CC(C4(C)OC(CO)C(O)C(O)C4O)C3)CC2)cc1. The van der Waals surface area contributed by atoms with Crippen LogP contribution in [0.25, 0.3) is 0 Å². The summed E-state index contributed by atoms with van der Waals surface area (Å²) in [6, 6.07) is 8.11. The zero-order valence-electron chi connectivity index (χ0n) is 17.9. The normalized spacial score (nSPS) is 37.1. The molecule has 6 nitrogen and oxygen atoms in total. The minimum atomic E-state index is -1.41. The molecule has 1 saturated carbocycles. The van der Waals surface area contributed by atoms with E-state index in [1.165, 1.54) is 5.56 Å². The van der Waals surface area contributed by atoms with Gasteiger partial charge in [0.25, 0.3) is 0 Å². The number of rotatable bonds is 6. The molecule has 0 radical (unpaired) electrons. The van der Waals surface area contributed by atoms with E-state index in [2.05, 4.69) is 12.1 Å². The fourth-order valence-corrected chi connectivity index (χ4v) is 5.43. The van der Waals surface area contributed by atoms with E-state index in [1.807, 2.05) is 31.2 Å². The lowest BCUT2D eigenvalue weighted by Crippen LogP contribution is -2.66. The lowest BCUT2D eigenvalue weighted by molar-refractivity contribution is -0.279. The topological polar surface area (TPSA) is 99.4 Å². The van der Waals surface area contributed by atoms with E-state index in [0.29, 0.717) is 18.1 Å². The molecular weight excluding hydrogens is 420 g/mol. The van der Waals surface area contributed by atoms with Gasteiger partial charge in [-0.25, -0.2) is 0 Å². The highest BCUT2D eigenvalue weighted by molar-refractivity contribution is 6.31. The quantitative estimate of drug-likeness (QED) is 0.531. The van der Waals surface area contributed by atoms with Crippen LogP contribution in [0.15, 0.2) is 47.0 Å². The maximum absolute atomic E-state index is 10.8. The van der Waals surface area contributed by atoms with Gasteiger partial charge in [-0.15, -0.1) is 0 Å². The van der Waals surface area contributed by atoms with Crippen molar-refractivity contribution in [2.75, 3.05) is 13.2 Å². The molecule has 0 spiro atoms. The van der Waals surface area contributed by atoms with E-state index >= 15 is 0 Å². The van der Waals surface area contributed by atoms with Gasteiger partial charge in [0.15, 0.2) is 0 Å². The predicted octanol–water partition coefficient (Wildman–Crippen LogP) is 2.42.